The number of hydrogen-bond acceptors (Lipinski definition) is 4. The number of fused-ring (bicyclic) bond motifs is 1. The first-order chi connectivity index (χ1) is 13.3. The Labute approximate surface area is 187 Å². The van der Waals surface area contributed by atoms with Crippen LogP contribution in [0.5, 0.6) is 5.75 Å². The maximum absolute atomic E-state index is 12.2. The largest absolute Gasteiger partial charge is 0.435 e. The minimum Gasteiger partial charge on any atom is -0.435 e. The highest BCUT2D eigenvalue weighted by Gasteiger charge is 2.59. The standard InChI is InChI=1S/C20H29F2N3O3.HI/c1-4-23-19(25-16-14-9-10-27-17(14)20(16,2)3)24-11-15(26)12-5-7-13(8-6-12)28-18(21)22;/h5-8,14-18,26H,4,9-11H2,1-3H3,(H2,23,24,25);1H. The Kier molecular flexibility index (Phi) is 8.48. The van der Waals surface area contributed by atoms with Gasteiger partial charge in [-0.15, -0.1) is 24.0 Å². The third-order valence-corrected chi connectivity index (χ3v) is 5.65. The molecule has 0 radical (unpaired) electrons. The van der Waals surface area contributed by atoms with Gasteiger partial charge >= 0.3 is 6.61 Å². The molecule has 9 heteroatoms. The van der Waals surface area contributed by atoms with E-state index in [1.54, 1.807) is 12.1 Å². The maximum atomic E-state index is 12.2. The van der Waals surface area contributed by atoms with Crippen LogP contribution in [0.25, 0.3) is 0 Å². The number of nitrogens with one attached hydrogen (secondary N) is 2. The van der Waals surface area contributed by atoms with E-state index in [1.165, 1.54) is 12.1 Å². The van der Waals surface area contributed by atoms with Crippen LogP contribution in [0, 0.1) is 11.3 Å². The summed E-state index contributed by atoms with van der Waals surface area (Å²) in [6.07, 6.45) is 0.487. The number of halogens is 3. The summed E-state index contributed by atoms with van der Waals surface area (Å²) < 4.78 is 34.6. The molecule has 1 saturated heterocycles. The molecule has 1 aromatic rings. The van der Waals surface area contributed by atoms with E-state index in [4.69, 9.17) is 4.74 Å². The summed E-state index contributed by atoms with van der Waals surface area (Å²) in [4.78, 5) is 4.51. The van der Waals surface area contributed by atoms with Crippen molar-refractivity contribution in [3.8, 4) is 5.75 Å². The van der Waals surface area contributed by atoms with Crippen molar-refractivity contribution in [3.63, 3.8) is 0 Å². The minimum atomic E-state index is -2.87. The number of nitrogens with zero attached hydrogens (tertiary/aromatic N) is 1. The lowest BCUT2D eigenvalue weighted by atomic mass is 9.57. The van der Waals surface area contributed by atoms with Crippen LogP contribution in [-0.4, -0.2) is 49.5 Å². The van der Waals surface area contributed by atoms with Gasteiger partial charge < -0.3 is 25.2 Å². The smallest absolute Gasteiger partial charge is 0.387 e. The summed E-state index contributed by atoms with van der Waals surface area (Å²) in [5, 5.41) is 17.1. The first kappa shape index (κ1) is 24.1. The Morgan fingerprint density at radius 3 is 2.66 bits per heavy atom. The fraction of sp³-hybridized carbons (Fsp3) is 0.650. The molecule has 3 rings (SSSR count). The van der Waals surface area contributed by atoms with Crippen molar-refractivity contribution in [2.24, 2.45) is 16.3 Å². The molecule has 1 heterocycles. The number of aliphatic imine (C=N–C) groups is 1. The molecular weight excluding hydrogens is 495 g/mol. The molecule has 0 amide bonds. The van der Waals surface area contributed by atoms with Crippen molar-refractivity contribution in [2.75, 3.05) is 19.7 Å². The molecule has 4 unspecified atom stereocenters. The average molecular weight is 525 g/mol. The van der Waals surface area contributed by atoms with Gasteiger partial charge in [-0.2, -0.15) is 8.78 Å². The molecule has 1 aliphatic carbocycles. The summed E-state index contributed by atoms with van der Waals surface area (Å²) in [6, 6.07) is 6.21. The normalized spacial score (nSPS) is 26.2. The van der Waals surface area contributed by atoms with E-state index < -0.39 is 12.7 Å². The van der Waals surface area contributed by atoms with Crippen LogP contribution in [0.4, 0.5) is 8.78 Å². The van der Waals surface area contributed by atoms with E-state index in [2.05, 4.69) is 34.2 Å². The minimum absolute atomic E-state index is 0. The number of alkyl halides is 2. The van der Waals surface area contributed by atoms with E-state index in [9.17, 15) is 13.9 Å². The zero-order chi connectivity index (χ0) is 20.3. The molecule has 0 bridgehead atoms. The van der Waals surface area contributed by atoms with Crippen LogP contribution in [0.1, 0.15) is 38.9 Å². The molecule has 164 valence electrons. The molecule has 2 fully saturated rings. The SMILES string of the molecule is CCNC(=NCC(O)c1ccc(OC(F)F)cc1)NC1C2CCOC2C1(C)C.I. The van der Waals surface area contributed by atoms with Gasteiger partial charge in [0.15, 0.2) is 5.96 Å². The van der Waals surface area contributed by atoms with E-state index in [-0.39, 0.29) is 53.8 Å². The summed E-state index contributed by atoms with van der Waals surface area (Å²) in [7, 11) is 0. The predicted octanol–water partition coefficient (Wildman–Crippen LogP) is 3.31. The zero-order valence-corrected chi connectivity index (χ0v) is 19.2. The van der Waals surface area contributed by atoms with E-state index in [1.807, 2.05) is 6.92 Å². The Morgan fingerprint density at radius 1 is 1.34 bits per heavy atom. The number of ether oxygens (including phenoxy) is 2. The predicted molar refractivity (Wildman–Crippen MR) is 118 cm³/mol. The van der Waals surface area contributed by atoms with Gasteiger partial charge in [0, 0.05) is 30.5 Å². The number of aliphatic hydroxyl groups is 1. The molecule has 1 aliphatic heterocycles. The third kappa shape index (κ3) is 5.49. The highest BCUT2D eigenvalue weighted by Crippen LogP contribution is 2.52. The first-order valence-electron chi connectivity index (χ1n) is 9.72. The van der Waals surface area contributed by atoms with Crippen LogP contribution in [0.3, 0.4) is 0 Å². The lowest BCUT2D eigenvalue weighted by molar-refractivity contribution is -0.106. The van der Waals surface area contributed by atoms with Crippen LogP contribution in [0.2, 0.25) is 0 Å². The van der Waals surface area contributed by atoms with Gasteiger partial charge in [0.05, 0.1) is 18.8 Å². The molecule has 0 aromatic heterocycles. The Hall–Kier alpha value is -1.20. The number of rotatable bonds is 7. The van der Waals surface area contributed by atoms with E-state index in [0.29, 0.717) is 24.0 Å². The molecule has 2 aliphatic rings. The molecule has 4 atom stereocenters. The molecule has 0 spiro atoms. The zero-order valence-electron chi connectivity index (χ0n) is 16.9. The monoisotopic (exact) mass is 525 g/mol. The Balaban J connectivity index is 0.00000300. The Bertz CT molecular complexity index is 688. The lowest BCUT2D eigenvalue weighted by Gasteiger charge is -2.54. The fourth-order valence-electron chi connectivity index (χ4n) is 4.24. The van der Waals surface area contributed by atoms with Crippen LogP contribution >= 0.6 is 24.0 Å². The van der Waals surface area contributed by atoms with Crippen LogP contribution in [-0.2, 0) is 4.74 Å². The second-order valence-electron chi connectivity index (χ2n) is 7.87. The second-order valence-corrected chi connectivity index (χ2v) is 7.87. The fourth-order valence-corrected chi connectivity index (χ4v) is 4.24. The summed E-state index contributed by atoms with van der Waals surface area (Å²) >= 11 is 0. The molecule has 1 aromatic carbocycles. The lowest BCUT2D eigenvalue weighted by Crippen LogP contribution is -2.68. The van der Waals surface area contributed by atoms with Crippen LogP contribution < -0.4 is 15.4 Å². The molecule has 6 nitrogen and oxygen atoms in total. The first-order valence-corrected chi connectivity index (χ1v) is 9.72. The van der Waals surface area contributed by atoms with E-state index in [0.717, 1.165) is 13.0 Å². The maximum Gasteiger partial charge on any atom is 0.387 e. The molecular formula is C20H30F2IN3O3. The van der Waals surface area contributed by atoms with Crippen molar-refractivity contribution in [1.82, 2.24) is 10.6 Å². The summed E-state index contributed by atoms with van der Waals surface area (Å²) in [5.41, 5.74) is 0.616. The van der Waals surface area contributed by atoms with Crippen molar-refractivity contribution in [3.05, 3.63) is 29.8 Å². The van der Waals surface area contributed by atoms with Gasteiger partial charge in [-0.1, -0.05) is 26.0 Å². The van der Waals surface area contributed by atoms with Crippen molar-refractivity contribution in [1.29, 1.82) is 0 Å². The van der Waals surface area contributed by atoms with Gasteiger partial charge in [-0.3, -0.25) is 4.99 Å². The third-order valence-electron chi connectivity index (χ3n) is 5.65. The van der Waals surface area contributed by atoms with Gasteiger partial charge in [-0.05, 0) is 31.0 Å². The average Bonchev–Trinajstić information content (AvgIpc) is 3.11. The quantitative estimate of drug-likeness (QED) is 0.290. The van der Waals surface area contributed by atoms with Gasteiger partial charge in [0.1, 0.15) is 5.75 Å². The number of guanidine groups is 1. The summed E-state index contributed by atoms with van der Waals surface area (Å²) in [5.74, 6) is 1.19. The van der Waals surface area contributed by atoms with Crippen molar-refractivity contribution >= 4 is 29.9 Å². The molecule has 29 heavy (non-hydrogen) atoms. The van der Waals surface area contributed by atoms with Gasteiger partial charge in [0.2, 0.25) is 0 Å². The highest BCUT2D eigenvalue weighted by atomic mass is 127. The second kappa shape index (κ2) is 10.2. The molecule has 1 saturated carbocycles. The topological polar surface area (TPSA) is 75.1 Å². The summed E-state index contributed by atoms with van der Waals surface area (Å²) in [6.45, 7) is 5.17. The van der Waals surface area contributed by atoms with E-state index >= 15 is 0 Å². The highest BCUT2D eigenvalue weighted by molar-refractivity contribution is 14.0. The Morgan fingerprint density at radius 2 is 2.03 bits per heavy atom. The van der Waals surface area contributed by atoms with Crippen LogP contribution in [0.15, 0.2) is 29.3 Å². The number of hydrogen-bond donors (Lipinski definition) is 3. The van der Waals surface area contributed by atoms with Gasteiger partial charge in [-0.25, -0.2) is 0 Å². The molecule has 3 N–H and O–H groups in total. The van der Waals surface area contributed by atoms with Crippen molar-refractivity contribution in [2.45, 2.75) is 52.1 Å². The van der Waals surface area contributed by atoms with Gasteiger partial charge in [0.25, 0.3) is 0 Å². The van der Waals surface area contributed by atoms with Crippen molar-refractivity contribution < 1.29 is 23.4 Å². The number of benzene rings is 1. The number of aliphatic hydroxyl groups excluding tert-OH is 1.